The number of amides is 1. The first-order valence-corrected chi connectivity index (χ1v) is 7.03. The molecule has 1 amide bonds. The average Bonchev–Trinajstić information content (AvgIpc) is 2.68. The fourth-order valence-electron chi connectivity index (χ4n) is 2.63. The molecule has 4 heteroatoms. The quantitative estimate of drug-likeness (QED) is 0.687. The van der Waals surface area contributed by atoms with Gasteiger partial charge in [-0.1, -0.05) is 32.6 Å². The summed E-state index contributed by atoms with van der Waals surface area (Å²) in [6.45, 7) is 3.88. The second-order valence-electron chi connectivity index (χ2n) is 5.55. The van der Waals surface area contributed by atoms with Gasteiger partial charge in [-0.2, -0.15) is 0 Å². The van der Waals surface area contributed by atoms with E-state index in [0.717, 1.165) is 38.5 Å². The molecule has 0 aromatic heterocycles. The molecule has 0 radical (unpaired) electrons. The third-order valence-electron chi connectivity index (χ3n) is 4.04. The molecule has 0 spiro atoms. The second kappa shape index (κ2) is 6.76. The Kier molecular flexibility index (Phi) is 5.63. The molecule has 1 saturated carbocycles. The lowest BCUT2D eigenvalue weighted by Crippen LogP contribution is -2.46. The number of nitrogens with one attached hydrogen (secondary N) is 1. The molecule has 1 fully saturated rings. The zero-order valence-electron chi connectivity index (χ0n) is 11.5. The zero-order chi connectivity index (χ0) is 13.6. The predicted molar refractivity (Wildman–Crippen MR) is 70.3 cm³/mol. The number of hydrogen-bond donors (Lipinski definition) is 2. The smallest absolute Gasteiger partial charge is 0.311 e. The van der Waals surface area contributed by atoms with E-state index in [2.05, 4.69) is 12.2 Å². The lowest BCUT2D eigenvalue weighted by molar-refractivity contribution is -0.149. The number of carbonyl (C=O) groups is 2. The van der Waals surface area contributed by atoms with Gasteiger partial charge in [-0.15, -0.1) is 0 Å². The topological polar surface area (TPSA) is 66.4 Å². The summed E-state index contributed by atoms with van der Waals surface area (Å²) in [4.78, 5) is 23.0. The van der Waals surface area contributed by atoms with Crippen LogP contribution in [0.2, 0.25) is 0 Å². The van der Waals surface area contributed by atoms with Gasteiger partial charge in [-0.3, -0.25) is 9.59 Å². The maximum Gasteiger partial charge on any atom is 0.311 e. The molecule has 0 heterocycles. The van der Waals surface area contributed by atoms with E-state index in [0.29, 0.717) is 12.8 Å². The lowest BCUT2D eigenvalue weighted by Gasteiger charge is -2.27. The van der Waals surface area contributed by atoms with Crippen LogP contribution in [0.1, 0.15) is 65.2 Å². The van der Waals surface area contributed by atoms with Crippen LogP contribution < -0.4 is 5.32 Å². The Morgan fingerprint density at radius 2 is 2.06 bits per heavy atom. The van der Waals surface area contributed by atoms with Crippen molar-refractivity contribution in [2.75, 3.05) is 0 Å². The Bertz CT molecular complexity index is 303. The first-order valence-electron chi connectivity index (χ1n) is 7.03. The summed E-state index contributed by atoms with van der Waals surface area (Å²) in [6, 6.07) is -0.200. The predicted octanol–water partition coefficient (Wildman–Crippen LogP) is 2.72. The van der Waals surface area contributed by atoms with Crippen LogP contribution in [-0.4, -0.2) is 23.0 Å². The Balaban J connectivity index is 2.37. The van der Waals surface area contributed by atoms with E-state index in [1.807, 2.05) is 0 Å². The molecule has 0 aliphatic heterocycles. The molecule has 2 unspecified atom stereocenters. The Hall–Kier alpha value is -1.06. The Morgan fingerprint density at radius 1 is 1.33 bits per heavy atom. The minimum atomic E-state index is -0.795. The van der Waals surface area contributed by atoms with E-state index < -0.39 is 11.4 Å². The van der Waals surface area contributed by atoms with Crippen molar-refractivity contribution in [2.24, 2.45) is 5.41 Å². The number of hydrogen-bond acceptors (Lipinski definition) is 2. The van der Waals surface area contributed by atoms with Gasteiger partial charge in [-0.25, -0.2) is 0 Å². The number of unbranched alkanes of at least 4 members (excludes halogenated alkanes) is 3. The van der Waals surface area contributed by atoms with E-state index in [9.17, 15) is 14.7 Å². The standard InChI is InChI=1S/C14H25NO3/c1-3-4-5-6-9-12(16)15-11-8-7-10-14(11,2)13(17)18/h11H,3-10H2,1-2H3,(H,15,16)(H,17,18). The van der Waals surface area contributed by atoms with Gasteiger partial charge in [0, 0.05) is 12.5 Å². The molecule has 0 aromatic carbocycles. The minimum absolute atomic E-state index is 0.00507. The van der Waals surface area contributed by atoms with E-state index in [4.69, 9.17) is 0 Å². The molecular weight excluding hydrogens is 230 g/mol. The molecule has 0 saturated heterocycles. The summed E-state index contributed by atoms with van der Waals surface area (Å²) in [6.07, 6.45) is 7.12. The fraction of sp³-hybridized carbons (Fsp3) is 0.857. The van der Waals surface area contributed by atoms with E-state index in [-0.39, 0.29) is 11.9 Å². The third kappa shape index (κ3) is 3.72. The normalized spacial score (nSPS) is 27.1. The SMILES string of the molecule is CCCCCCC(=O)NC1CCCC1(C)C(=O)O. The molecule has 4 nitrogen and oxygen atoms in total. The van der Waals surface area contributed by atoms with E-state index in [1.54, 1.807) is 6.92 Å². The highest BCUT2D eigenvalue weighted by atomic mass is 16.4. The van der Waals surface area contributed by atoms with Crippen molar-refractivity contribution in [3.63, 3.8) is 0 Å². The Morgan fingerprint density at radius 3 is 2.67 bits per heavy atom. The zero-order valence-corrected chi connectivity index (χ0v) is 11.5. The molecule has 18 heavy (non-hydrogen) atoms. The van der Waals surface area contributed by atoms with Crippen molar-refractivity contribution < 1.29 is 14.7 Å². The maximum absolute atomic E-state index is 11.8. The molecule has 2 N–H and O–H groups in total. The van der Waals surface area contributed by atoms with Crippen molar-refractivity contribution in [1.29, 1.82) is 0 Å². The fourth-order valence-corrected chi connectivity index (χ4v) is 2.63. The first kappa shape index (κ1) is 15.0. The summed E-state index contributed by atoms with van der Waals surface area (Å²) in [5, 5.41) is 12.2. The molecule has 0 aromatic rings. The molecule has 1 rings (SSSR count). The van der Waals surface area contributed by atoms with Crippen LogP contribution in [0.5, 0.6) is 0 Å². The number of carboxylic acids is 1. The van der Waals surface area contributed by atoms with E-state index in [1.165, 1.54) is 0 Å². The molecule has 1 aliphatic carbocycles. The van der Waals surface area contributed by atoms with Gasteiger partial charge in [0.15, 0.2) is 0 Å². The summed E-state index contributed by atoms with van der Waals surface area (Å²) >= 11 is 0. The largest absolute Gasteiger partial charge is 0.481 e. The van der Waals surface area contributed by atoms with Crippen LogP contribution in [0, 0.1) is 5.41 Å². The van der Waals surface area contributed by atoms with Crippen LogP contribution in [0.15, 0.2) is 0 Å². The van der Waals surface area contributed by atoms with Gasteiger partial charge in [0.25, 0.3) is 0 Å². The molecular formula is C14H25NO3. The molecule has 1 aliphatic rings. The number of carboxylic acid groups (broad SMARTS) is 1. The van der Waals surface area contributed by atoms with Crippen LogP contribution >= 0.6 is 0 Å². The lowest BCUT2D eigenvalue weighted by atomic mass is 9.85. The summed E-state index contributed by atoms with van der Waals surface area (Å²) < 4.78 is 0. The van der Waals surface area contributed by atoms with Crippen molar-refractivity contribution in [3.8, 4) is 0 Å². The third-order valence-corrected chi connectivity index (χ3v) is 4.04. The molecule has 2 atom stereocenters. The van der Waals surface area contributed by atoms with Gasteiger partial charge in [0.1, 0.15) is 0 Å². The van der Waals surface area contributed by atoms with Crippen molar-refractivity contribution in [2.45, 2.75) is 71.3 Å². The number of aliphatic carboxylic acids is 1. The van der Waals surface area contributed by atoms with Gasteiger partial charge in [0.2, 0.25) is 5.91 Å². The first-order chi connectivity index (χ1) is 8.50. The van der Waals surface area contributed by atoms with Crippen molar-refractivity contribution >= 4 is 11.9 Å². The van der Waals surface area contributed by atoms with Crippen LogP contribution in [-0.2, 0) is 9.59 Å². The van der Waals surface area contributed by atoms with E-state index >= 15 is 0 Å². The summed E-state index contributed by atoms with van der Waals surface area (Å²) in [5.74, 6) is -0.790. The molecule has 0 bridgehead atoms. The highest BCUT2D eigenvalue weighted by molar-refractivity contribution is 5.80. The highest BCUT2D eigenvalue weighted by Crippen LogP contribution is 2.38. The maximum atomic E-state index is 11.8. The monoisotopic (exact) mass is 255 g/mol. The summed E-state index contributed by atoms with van der Waals surface area (Å²) in [5.41, 5.74) is -0.779. The number of rotatable bonds is 7. The van der Waals surface area contributed by atoms with Gasteiger partial charge >= 0.3 is 5.97 Å². The number of carbonyl (C=O) groups excluding carboxylic acids is 1. The minimum Gasteiger partial charge on any atom is -0.481 e. The highest BCUT2D eigenvalue weighted by Gasteiger charge is 2.45. The van der Waals surface area contributed by atoms with Crippen LogP contribution in [0.25, 0.3) is 0 Å². The second-order valence-corrected chi connectivity index (χ2v) is 5.55. The summed E-state index contributed by atoms with van der Waals surface area (Å²) in [7, 11) is 0. The average molecular weight is 255 g/mol. The van der Waals surface area contributed by atoms with Crippen molar-refractivity contribution in [1.82, 2.24) is 5.32 Å². The Labute approximate surface area is 109 Å². The van der Waals surface area contributed by atoms with Crippen LogP contribution in [0.4, 0.5) is 0 Å². The molecule has 104 valence electrons. The van der Waals surface area contributed by atoms with Gasteiger partial charge in [0.05, 0.1) is 5.41 Å². The van der Waals surface area contributed by atoms with Crippen LogP contribution in [0.3, 0.4) is 0 Å². The van der Waals surface area contributed by atoms with Gasteiger partial charge in [-0.05, 0) is 26.2 Å². The van der Waals surface area contributed by atoms with Crippen molar-refractivity contribution in [3.05, 3.63) is 0 Å². The van der Waals surface area contributed by atoms with Gasteiger partial charge < -0.3 is 10.4 Å².